The van der Waals surface area contributed by atoms with Gasteiger partial charge in [-0.2, -0.15) is 0 Å². The van der Waals surface area contributed by atoms with Crippen LogP contribution < -0.4 is 0 Å². The molecule has 0 amide bonds. The van der Waals surface area contributed by atoms with Crippen molar-refractivity contribution in [1.82, 2.24) is 0 Å². The standard InChI is InChI=1S/C7H13ClF2/c1-6(2,5-8)4-7(3,9)10/h4-5H2,1-3H3. The van der Waals surface area contributed by atoms with Crippen molar-refractivity contribution in [3.05, 3.63) is 0 Å². The average molecular weight is 171 g/mol. The topological polar surface area (TPSA) is 0 Å². The third kappa shape index (κ3) is 4.98. The van der Waals surface area contributed by atoms with Crippen LogP contribution in [0.15, 0.2) is 0 Å². The fourth-order valence-electron chi connectivity index (χ4n) is 0.888. The molecule has 0 fully saturated rings. The molecule has 0 aromatic heterocycles. The molecule has 0 heterocycles. The minimum absolute atomic E-state index is 0.149. The van der Waals surface area contributed by atoms with Crippen molar-refractivity contribution in [3.63, 3.8) is 0 Å². The van der Waals surface area contributed by atoms with Crippen LogP contribution in [0.3, 0.4) is 0 Å². The van der Waals surface area contributed by atoms with Crippen molar-refractivity contribution in [2.45, 2.75) is 33.1 Å². The maximum atomic E-state index is 12.3. The third-order valence-corrected chi connectivity index (χ3v) is 1.87. The summed E-state index contributed by atoms with van der Waals surface area (Å²) in [6.45, 7) is 4.39. The lowest BCUT2D eigenvalue weighted by atomic mass is 9.89. The first-order valence-corrected chi connectivity index (χ1v) is 3.74. The van der Waals surface area contributed by atoms with Crippen molar-refractivity contribution in [2.24, 2.45) is 5.41 Å². The molecule has 0 N–H and O–H groups in total. The first-order chi connectivity index (χ1) is 4.27. The number of halogens is 3. The highest BCUT2D eigenvalue weighted by Gasteiger charge is 2.31. The summed E-state index contributed by atoms with van der Waals surface area (Å²) in [6.07, 6.45) is -0.149. The highest BCUT2D eigenvalue weighted by Crippen LogP contribution is 2.32. The van der Waals surface area contributed by atoms with Crippen LogP contribution in [0.2, 0.25) is 0 Å². The van der Waals surface area contributed by atoms with Crippen LogP contribution in [0.5, 0.6) is 0 Å². The zero-order valence-electron chi connectivity index (χ0n) is 6.55. The van der Waals surface area contributed by atoms with E-state index in [1.807, 2.05) is 0 Å². The summed E-state index contributed by atoms with van der Waals surface area (Å²) in [7, 11) is 0. The van der Waals surface area contributed by atoms with Gasteiger partial charge in [0.15, 0.2) is 0 Å². The summed E-state index contributed by atoms with van der Waals surface area (Å²) in [5.41, 5.74) is -0.459. The summed E-state index contributed by atoms with van der Waals surface area (Å²) in [5.74, 6) is -2.32. The van der Waals surface area contributed by atoms with Gasteiger partial charge in [-0.1, -0.05) is 13.8 Å². The Balaban J connectivity index is 3.89. The molecular weight excluding hydrogens is 158 g/mol. The van der Waals surface area contributed by atoms with Crippen LogP contribution in [0, 0.1) is 5.41 Å². The molecule has 62 valence electrons. The summed E-state index contributed by atoms with van der Waals surface area (Å²) in [4.78, 5) is 0. The van der Waals surface area contributed by atoms with Crippen LogP contribution in [0.4, 0.5) is 8.78 Å². The van der Waals surface area contributed by atoms with E-state index in [1.54, 1.807) is 13.8 Å². The maximum Gasteiger partial charge on any atom is 0.246 e. The quantitative estimate of drug-likeness (QED) is 0.571. The SMILES string of the molecule is CC(F)(F)CC(C)(C)CCl. The highest BCUT2D eigenvalue weighted by molar-refractivity contribution is 6.18. The van der Waals surface area contributed by atoms with Gasteiger partial charge in [0.05, 0.1) is 0 Å². The van der Waals surface area contributed by atoms with Gasteiger partial charge in [-0.25, -0.2) is 8.78 Å². The molecule has 0 radical (unpaired) electrons. The Kier molecular flexibility index (Phi) is 3.08. The van der Waals surface area contributed by atoms with Crippen molar-refractivity contribution in [3.8, 4) is 0 Å². The minimum Gasteiger partial charge on any atom is -0.207 e. The molecule has 0 aromatic carbocycles. The van der Waals surface area contributed by atoms with Gasteiger partial charge >= 0.3 is 0 Å². The average Bonchev–Trinajstić information content (AvgIpc) is 1.60. The van der Waals surface area contributed by atoms with Crippen LogP contribution in [-0.4, -0.2) is 11.8 Å². The monoisotopic (exact) mass is 170 g/mol. The van der Waals surface area contributed by atoms with Crippen molar-refractivity contribution in [2.75, 3.05) is 5.88 Å². The second-order valence-electron chi connectivity index (χ2n) is 3.54. The fourth-order valence-corrected chi connectivity index (χ4v) is 0.982. The van der Waals surface area contributed by atoms with Crippen molar-refractivity contribution < 1.29 is 8.78 Å². The first kappa shape index (κ1) is 10.2. The lowest BCUT2D eigenvalue weighted by Crippen LogP contribution is -2.24. The van der Waals surface area contributed by atoms with E-state index < -0.39 is 11.3 Å². The molecule has 0 saturated carbocycles. The summed E-state index contributed by atoms with van der Waals surface area (Å²) in [6, 6.07) is 0. The Morgan fingerprint density at radius 1 is 1.20 bits per heavy atom. The summed E-state index contributed by atoms with van der Waals surface area (Å²) < 4.78 is 24.7. The fraction of sp³-hybridized carbons (Fsp3) is 1.00. The van der Waals surface area contributed by atoms with E-state index in [0.29, 0.717) is 0 Å². The molecule has 0 aliphatic rings. The minimum atomic E-state index is -2.60. The molecule has 0 saturated heterocycles. The van der Waals surface area contributed by atoms with Gasteiger partial charge in [0.2, 0.25) is 5.92 Å². The Morgan fingerprint density at radius 2 is 1.60 bits per heavy atom. The van der Waals surface area contributed by atoms with Crippen LogP contribution >= 0.6 is 11.6 Å². The molecular formula is C7H13ClF2. The Labute approximate surface area is 65.6 Å². The molecule has 0 unspecified atom stereocenters. The highest BCUT2D eigenvalue weighted by atomic mass is 35.5. The zero-order chi connectivity index (χ0) is 8.41. The van der Waals surface area contributed by atoms with E-state index in [9.17, 15) is 8.78 Å². The van der Waals surface area contributed by atoms with Gasteiger partial charge < -0.3 is 0 Å². The normalized spacial score (nSPS) is 13.8. The Morgan fingerprint density at radius 3 is 1.70 bits per heavy atom. The number of rotatable bonds is 3. The zero-order valence-corrected chi connectivity index (χ0v) is 7.30. The number of hydrogen-bond acceptors (Lipinski definition) is 0. The summed E-state index contributed by atoms with van der Waals surface area (Å²) in [5, 5.41) is 0. The third-order valence-electron chi connectivity index (χ3n) is 1.15. The molecule has 0 aliphatic carbocycles. The van der Waals surface area contributed by atoms with E-state index in [-0.39, 0.29) is 12.3 Å². The molecule has 0 aliphatic heterocycles. The van der Waals surface area contributed by atoms with Gasteiger partial charge in [0.25, 0.3) is 0 Å². The molecule has 0 nitrogen and oxygen atoms in total. The lowest BCUT2D eigenvalue weighted by molar-refractivity contribution is -0.0161. The second kappa shape index (κ2) is 3.04. The van der Waals surface area contributed by atoms with Gasteiger partial charge in [0.1, 0.15) is 0 Å². The van der Waals surface area contributed by atoms with E-state index in [2.05, 4.69) is 0 Å². The lowest BCUT2D eigenvalue weighted by Gasteiger charge is -2.24. The molecule has 0 bridgehead atoms. The molecule has 0 atom stereocenters. The van der Waals surface area contributed by atoms with Crippen LogP contribution in [0.25, 0.3) is 0 Å². The Hall–Kier alpha value is 0.150. The number of hydrogen-bond donors (Lipinski definition) is 0. The second-order valence-corrected chi connectivity index (χ2v) is 3.81. The predicted octanol–water partition coefficient (Wildman–Crippen LogP) is 3.30. The van der Waals surface area contributed by atoms with Crippen LogP contribution in [0.1, 0.15) is 27.2 Å². The predicted molar refractivity (Wildman–Crippen MR) is 39.7 cm³/mol. The van der Waals surface area contributed by atoms with Gasteiger partial charge in [0, 0.05) is 12.3 Å². The van der Waals surface area contributed by atoms with Gasteiger partial charge in [-0.05, 0) is 12.3 Å². The smallest absolute Gasteiger partial charge is 0.207 e. The molecule has 3 heteroatoms. The number of alkyl halides is 3. The molecule has 0 rings (SSSR count). The van der Waals surface area contributed by atoms with E-state index >= 15 is 0 Å². The van der Waals surface area contributed by atoms with Gasteiger partial charge in [-0.15, -0.1) is 11.6 Å². The first-order valence-electron chi connectivity index (χ1n) is 3.21. The van der Waals surface area contributed by atoms with E-state index in [4.69, 9.17) is 11.6 Å². The molecule has 0 spiro atoms. The Bertz CT molecular complexity index is 105. The molecule has 10 heavy (non-hydrogen) atoms. The maximum absolute atomic E-state index is 12.3. The van der Waals surface area contributed by atoms with Crippen molar-refractivity contribution in [1.29, 1.82) is 0 Å². The van der Waals surface area contributed by atoms with Gasteiger partial charge in [-0.3, -0.25) is 0 Å². The van der Waals surface area contributed by atoms with Crippen LogP contribution in [-0.2, 0) is 0 Å². The van der Waals surface area contributed by atoms with Crippen molar-refractivity contribution >= 4 is 11.6 Å². The molecule has 0 aromatic rings. The van der Waals surface area contributed by atoms with E-state index in [1.165, 1.54) is 0 Å². The largest absolute Gasteiger partial charge is 0.246 e. The van der Waals surface area contributed by atoms with E-state index in [0.717, 1.165) is 6.92 Å². The summed E-state index contributed by atoms with van der Waals surface area (Å²) >= 11 is 5.47.